The molecule has 0 radical (unpaired) electrons. The van der Waals surface area contributed by atoms with Crippen LogP contribution in [0.5, 0.6) is 0 Å². The van der Waals surface area contributed by atoms with Gasteiger partial charge in [0.25, 0.3) is 0 Å². The molecular weight excluding hydrogens is 232 g/mol. The second-order valence-corrected chi connectivity index (χ2v) is 5.59. The Labute approximate surface area is 105 Å². The minimum atomic E-state index is 0.215. The van der Waals surface area contributed by atoms with Crippen LogP contribution in [0.1, 0.15) is 24.7 Å². The first-order chi connectivity index (χ1) is 8.28. The first kappa shape index (κ1) is 10.9. The van der Waals surface area contributed by atoms with Gasteiger partial charge in [-0.2, -0.15) is 0 Å². The molecule has 1 atom stereocenters. The van der Waals surface area contributed by atoms with Crippen molar-refractivity contribution in [3.8, 4) is 0 Å². The molecule has 0 bridgehead atoms. The van der Waals surface area contributed by atoms with E-state index in [4.69, 9.17) is 0 Å². The number of hydrogen-bond acceptors (Lipinski definition) is 4. The van der Waals surface area contributed by atoms with E-state index in [1.807, 2.05) is 18.0 Å². The van der Waals surface area contributed by atoms with E-state index in [0.717, 1.165) is 25.3 Å². The Kier molecular flexibility index (Phi) is 2.72. The Morgan fingerprint density at radius 2 is 2.53 bits per heavy atom. The molecule has 0 aromatic carbocycles. The predicted octanol–water partition coefficient (Wildman–Crippen LogP) is 1.64. The molecule has 1 saturated heterocycles. The summed E-state index contributed by atoms with van der Waals surface area (Å²) in [5.74, 6) is 0. The van der Waals surface area contributed by atoms with Crippen LogP contribution >= 0.6 is 11.3 Å². The van der Waals surface area contributed by atoms with E-state index in [0.29, 0.717) is 0 Å². The average molecular weight is 248 g/mol. The molecule has 5 heteroatoms. The molecule has 3 rings (SSSR count). The Hall–Kier alpha value is -1.20. The highest BCUT2D eigenvalue weighted by atomic mass is 32.1. The minimum absolute atomic E-state index is 0.215. The highest BCUT2D eigenvalue weighted by Gasteiger charge is 2.33. The lowest BCUT2D eigenvalue weighted by Gasteiger charge is -2.24. The van der Waals surface area contributed by atoms with Crippen LogP contribution in [0.25, 0.3) is 0 Å². The molecule has 0 saturated carbocycles. The van der Waals surface area contributed by atoms with Crippen LogP contribution in [0, 0.1) is 0 Å². The van der Waals surface area contributed by atoms with Crippen LogP contribution < -0.4 is 5.32 Å². The van der Waals surface area contributed by atoms with Crippen LogP contribution in [0.2, 0.25) is 0 Å². The van der Waals surface area contributed by atoms with Gasteiger partial charge < -0.3 is 9.88 Å². The van der Waals surface area contributed by atoms with Crippen molar-refractivity contribution in [1.29, 1.82) is 0 Å². The number of imidazole rings is 1. The van der Waals surface area contributed by atoms with E-state index in [9.17, 15) is 0 Å². The molecule has 90 valence electrons. The summed E-state index contributed by atoms with van der Waals surface area (Å²) < 4.78 is 2.22. The summed E-state index contributed by atoms with van der Waals surface area (Å²) in [7, 11) is 0. The Morgan fingerprint density at radius 3 is 3.24 bits per heavy atom. The van der Waals surface area contributed by atoms with E-state index in [-0.39, 0.29) is 5.41 Å². The summed E-state index contributed by atoms with van der Waals surface area (Å²) in [5.41, 5.74) is 4.52. The lowest BCUT2D eigenvalue weighted by atomic mass is 9.86. The standard InChI is InChI=1S/C12H16N4S/c1-12(2-3-13-7-12)11-4-14-8-16(11)5-10-6-17-9-15-10/h4,6,8-9,13H,2-3,5,7H2,1H3. The van der Waals surface area contributed by atoms with Gasteiger partial charge in [-0.15, -0.1) is 11.3 Å². The maximum Gasteiger partial charge on any atom is 0.0952 e. The summed E-state index contributed by atoms with van der Waals surface area (Å²) in [6.07, 6.45) is 5.09. The Balaban J connectivity index is 1.89. The normalized spacial score (nSPS) is 24.3. The van der Waals surface area contributed by atoms with Crippen LogP contribution in [0.15, 0.2) is 23.4 Å². The first-order valence-electron chi connectivity index (χ1n) is 5.86. The summed E-state index contributed by atoms with van der Waals surface area (Å²) in [5, 5.41) is 5.53. The fraction of sp³-hybridized carbons (Fsp3) is 0.500. The van der Waals surface area contributed by atoms with Gasteiger partial charge in [-0.1, -0.05) is 6.92 Å². The Morgan fingerprint density at radius 1 is 1.59 bits per heavy atom. The fourth-order valence-electron chi connectivity index (χ4n) is 2.48. The van der Waals surface area contributed by atoms with Gasteiger partial charge in [-0.05, 0) is 13.0 Å². The van der Waals surface area contributed by atoms with Gasteiger partial charge in [0.05, 0.1) is 24.1 Å². The van der Waals surface area contributed by atoms with Crippen molar-refractivity contribution >= 4 is 11.3 Å². The first-order valence-corrected chi connectivity index (χ1v) is 6.81. The van der Waals surface area contributed by atoms with Crippen molar-refractivity contribution in [1.82, 2.24) is 19.9 Å². The summed E-state index contributed by atoms with van der Waals surface area (Å²) in [6.45, 7) is 5.27. The van der Waals surface area contributed by atoms with Crippen molar-refractivity contribution in [2.45, 2.75) is 25.3 Å². The number of aromatic nitrogens is 3. The zero-order chi connectivity index (χ0) is 11.7. The fourth-order valence-corrected chi connectivity index (χ4v) is 3.02. The smallest absolute Gasteiger partial charge is 0.0952 e. The van der Waals surface area contributed by atoms with Crippen molar-refractivity contribution in [2.75, 3.05) is 13.1 Å². The van der Waals surface area contributed by atoms with Crippen molar-refractivity contribution in [3.05, 3.63) is 34.8 Å². The molecule has 17 heavy (non-hydrogen) atoms. The van der Waals surface area contributed by atoms with E-state index in [2.05, 4.69) is 32.2 Å². The third-order valence-corrected chi connectivity index (χ3v) is 4.15. The number of thiazole rings is 1. The van der Waals surface area contributed by atoms with Crippen LogP contribution in [-0.4, -0.2) is 27.6 Å². The number of nitrogens with zero attached hydrogens (tertiary/aromatic N) is 3. The van der Waals surface area contributed by atoms with E-state index < -0.39 is 0 Å². The van der Waals surface area contributed by atoms with Gasteiger partial charge in [0.15, 0.2) is 0 Å². The van der Waals surface area contributed by atoms with Crippen molar-refractivity contribution in [2.24, 2.45) is 0 Å². The molecule has 2 aromatic rings. The molecule has 1 aliphatic rings. The second-order valence-electron chi connectivity index (χ2n) is 4.87. The molecule has 1 N–H and O–H groups in total. The maximum atomic E-state index is 4.34. The van der Waals surface area contributed by atoms with E-state index in [1.165, 1.54) is 12.1 Å². The molecular formula is C12H16N4S. The number of hydrogen-bond donors (Lipinski definition) is 1. The molecule has 3 heterocycles. The van der Waals surface area contributed by atoms with Crippen molar-refractivity contribution < 1.29 is 0 Å². The average Bonchev–Trinajstić information content (AvgIpc) is 3.00. The van der Waals surface area contributed by atoms with Crippen LogP contribution in [0.4, 0.5) is 0 Å². The number of rotatable bonds is 3. The lowest BCUT2D eigenvalue weighted by molar-refractivity contribution is 0.480. The van der Waals surface area contributed by atoms with Crippen LogP contribution in [0.3, 0.4) is 0 Å². The molecule has 0 aliphatic carbocycles. The molecule has 4 nitrogen and oxygen atoms in total. The topological polar surface area (TPSA) is 42.7 Å². The van der Waals surface area contributed by atoms with Gasteiger partial charge in [0.2, 0.25) is 0 Å². The summed E-state index contributed by atoms with van der Waals surface area (Å²) in [4.78, 5) is 8.64. The molecule has 0 amide bonds. The molecule has 1 fully saturated rings. The van der Waals surface area contributed by atoms with Gasteiger partial charge in [0, 0.05) is 29.2 Å². The molecule has 1 unspecified atom stereocenters. The molecule has 1 aliphatic heterocycles. The second kappa shape index (κ2) is 4.23. The van der Waals surface area contributed by atoms with Gasteiger partial charge >= 0.3 is 0 Å². The third-order valence-electron chi connectivity index (χ3n) is 3.52. The summed E-state index contributed by atoms with van der Waals surface area (Å²) >= 11 is 1.64. The molecule has 0 spiro atoms. The van der Waals surface area contributed by atoms with E-state index in [1.54, 1.807) is 11.3 Å². The SMILES string of the molecule is CC1(c2cncn2Cc2cscn2)CCNC1. The quantitative estimate of drug-likeness (QED) is 0.898. The van der Waals surface area contributed by atoms with Crippen LogP contribution in [-0.2, 0) is 12.0 Å². The van der Waals surface area contributed by atoms with Gasteiger partial charge in [0.1, 0.15) is 0 Å². The Bertz CT molecular complexity index is 482. The maximum absolute atomic E-state index is 4.34. The van der Waals surface area contributed by atoms with Gasteiger partial charge in [-0.25, -0.2) is 9.97 Å². The third kappa shape index (κ3) is 2.00. The lowest BCUT2D eigenvalue weighted by Crippen LogP contribution is -2.28. The van der Waals surface area contributed by atoms with Gasteiger partial charge in [-0.3, -0.25) is 0 Å². The number of nitrogens with one attached hydrogen (secondary N) is 1. The minimum Gasteiger partial charge on any atom is -0.328 e. The zero-order valence-electron chi connectivity index (χ0n) is 9.89. The predicted molar refractivity (Wildman–Crippen MR) is 68.3 cm³/mol. The highest BCUT2D eigenvalue weighted by molar-refractivity contribution is 7.07. The monoisotopic (exact) mass is 248 g/mol. The summed E-state index contributed by atoms with van der Waals surface area (Å²) in [6, 6.07) is 0. The highest BCUT2D eigenvalue weighted by Crippen LogP contribution is 2.30. The molecule has 2 aromatic heterocycles. The zero-order valence-corrected chi connectivity index (χ0v) is 10.7. The van der Waals surface area contributed by atoms with E-state index >= 15 is 0 Å². The largest absolute Gasteiger partial charge is 0.328 e. The van der Waals surface area contributed by atoms with Crippen molar-refractivity contribution in [3.63, 3.8) is 0 Å².